The summed E-state index contributed by atoms with van der Waals surface area (Å²) in [5.41, 5.74) is 0. The van der Waals surface area contributed by atoms with Crippen LogP contribution in [0.4, 0.5) is 4.79 Å². The second kappa shape index (κ2) is 2.90. The number of nitrogens with zero attached hydrogens (tertiary/aromatic N) is 1. The van der Waals surface area contributed by atoms with Crippen molar-refractivity contribution in [3.8, 4) is 0 Å². The molecule has 1 saturated heterocycles. The van der Waals surface area contributed by atoms with Crippen LogP contribution < -0.4 is 5.32 Å². The highest BCUT2D eigenvalue weighted by atomic mass is 16.2. The molecular formula is C7H14N2O. The second-order valence-electron chi connectivity index (χ2n) is 2.83. The second-order valence-corrected chi connectivity index (χ2v) is 2.83. The highest BCUT2D eigenvalue weighted by Crippen LogP contribution is 2.06. The lowest BCUT2D eigenvalue weighted by Gasteiger charge is -2.20. The Morgan fingerprint density at radius 1 is 1.70 bits per heavy atom. The summed E-state index contributed by atoms with van der Waals surface area (Å²) in [5.74, 6) is 0. The van der Waals surface area contributed by atoms with Crippen LogP contribution in [0.25, 0.3) is 0 Å². The molecule has 1 unspecified atom stereocenters. The number of hydrogen-bond donors (Lipinski definition) is 1. The molecule has 0 aromatic rings. The number of hydrogen-bond acceptors (Lipinski definition) is 1. The molecule has 0 spiro atoms. The Hall–Kier alpha value is -0.730. The van der Waals surface area contributed by atoms with Gasteiger partial charge in [-0.05, 0) is 19.8 Å². The van der Waals surface area contributed by atoms with Gasteiger partial charge in [-0.25, -0.2) is 4.79 Å². The van der Waals surface area contributed by atoms with Crippen LogP contribution in [0.1, 0.15) is 19.8 Å². The molecule has 3 nitrogen and oxygen atoms in total. The molecule has 1 heterocycles. The lowest BCUT2D eigenvalue weighted by atomic mass is 10.2. The molecule has 1 rings (SSSR count). The zero-order chi connectivity index (χ0) is 7.56. The quantitative estimate of drug-likeness (QED) is 0.533. The van der Waals surface area contributed by atoms with E-state index in [-0.39, 0.29) is 6.03 Å². The Kier molecular flexibility index (Phi) is 2.14. The smallest absolute Gasteiger partial charge is 0.317 e. The molecule has 3 heteroatoms. The van der Waals surface area contributed by atoms with Crippen molar-refractivity contribution in [2.45, 2.75) is 25.8 Å². The molecule has 1 aliphatic rings. The molecule has 10 heavy (non-hydrogen) atoms. The van der Waals surface area contributed by atoms with Crippen LogP contribution in [0.15, 0.2) is 0 Å². The third-order valence-electron chi connectivity index (χ3n) is 2.06. The van der Waals surface area contributed by atoms with E-state index in [1.165, 1.54) is 0 Å². The number of carbonyl (C=O) groups excluding carboxylic acids is 1. The minimum Gasteiger partial charge on any atom is -0.338 e. The SMILES string of the molecule is CC1CCCNC(=O)N1C. The van der Waals surface area contributed by atoms with E-state index in [1.54, 1.807) is 4.90 Å². The summed E-state index contributed by atoms with van der Waals surface area (Å²) in [6.07, 6.45) is 2.20. The molecule has 0 aliphatic carbocycles. The first-order chi connectivity index (χ1) is 4.72. The minimum atomic E-state index is 0.0602. The summed E-state index contributed by atoms with van der Waals surface area (Å²) in [7, 11) is 1.84. The maximum Gasteiger partial charge on any atom is 0.317 e. The molecule has 0 bridgehead atoms. The van der Waals surface area contributed by atoms with E-state index in [0.29, 0.717) is 6.04 Å². The number of urea groups is 1. The third kappa shape index (κ3) is 1.40. The van der Waals surface area contributed by atoms with Crippen LogP contribution in [0.3, 0.4) is 0 Å². The van der Waals surface area contributed by atoms with Crippen molar-refractivity contribution in [1.29, 1.82) is 0 Å². The molecule has 1 fully saturated rings. The first-order valence-corrected chi connectivity index (χ1v) is 3.72. The summed E-state index contributed by atoms with van der Waals surface area (Å²) in [5, 5.41) is 2.81. The Bertz CT molecular complexity index is 136. The van der Waals surface area contributed by atoms with Crippen LogP contribution in [0.5, 0.6) is 0 Å². The highest BCUT2D eigenvalue weighted by Gasteiger charge is 2.17. The van der Waals surface area contributed by atoms with Gasteiger partial charge < -0.3 is 10.2 Å². The van der Waals surface area contributed by atoms with Gasteiger partial charge in [-0.2, -0.15) is 0 Å². The van der Waals surface area contributed by atoms with Gasteiger partial charge in [0, 0.05) is 19.6 Å². The standard InChI is InChI=1S/C7H14N2O/c1-6-4-3-5-8-7(10)9(6)2/h6H,3-5H2,1-2H3,(H,8,10). The van der Waals surface area contributed by atoms with Gasteiger partial charge >= 0.3 is 6.03 Å². The number of amides is 2. The summed E-state index contributed by atoms with van der Waals surface area (Å²) >= 11 is 0. The summed E-state index contributed by atoms with van der Waals surface area (Å²) in [4.78, 5) is 12.8. The van der Waals surface area contributed by atoms with E-state index in [2.05, 4.69) is 12.2 Å². The minimum absolute atomic E-state index is 0.0602. The van der Waals surface area contributed by atoms with E-state index >= 15 is 0 Å². The highest BCUT2D eigenvalue weighted by molar-refractivity contribution is 5.74. The van der Waals surface area contributed by atoms with Gasteiger partial charge in [0.05, 0.1) is 0 Å². The molecule has 0 aromatic carbocycles. The summed E-state index contributed by atoms with van der Waals surface area (Å²) < 4.78 is 0. The Balaban J connectivity index is 2.55. The number of nitrogens with one attached hydrogen (secondary N) is 1. The van der Waals surface area contributed by atoms with Crippen molar-refractivity contribution in [2.75, 3.05) is 13.6 Å². The molecule has 1 atom stereocenters. The molecule has 0 aromatic heterocycles. The van der Waals surface area contributed by atoms with E-state index in [1.807, 2.05) is 7.05 Å². The van der Waals surface area contributed by atoms with Gasteiger partial charge in [0.15, 0.2) is 0 Å². The van der Waals surface area contributed by atoms with Gasteiger partial charge in [0.1, 0.15) is 0 Å². The summed E-state index contributed by atoms with van der Waals surface area (Å²) in [6.45, 7) is 2.90. The lowest BCUT2D eigenvalue weighted by molar-refractivity contribution is 0.199. The van der Waals surface area contributed by atoms with Gasteiger partial charge in [-0.15, -0.1) is 0 Å². The van der Waals surface area contributed by atoms with Crippen molar-refractivity contribution in [3.63, 3.8) is 0 Å². The molecule has 1 N–H and O–H groups in total. The van der Waals surface area contributed by atoms with Gasteiger partial charge in [-0.1, -0.05) is 0 Å². The maximum absolute atomic E-state index is 11.0. The fourth-order valence-corrected chi connectivity index (χ4v) is 1.11. The zero-order valence-electron chi connectivity index (χ0n) is 6.55. The molecule has 0 radical (unpaired) electrons. The van der Waals surface area contributed by atoms with Crippen LogP contribution in [-0.4, -0.2) is 30.6 Å². The van der Waals surface area contributed by atoms with E-state index in [4.69, 9.17) is 0 Å². The first kappa shape index (κ1) is 7.38. The van der Waals surface area contributed by atoms with Gasteiger partial charge in [-0.3, -0.25) is 0 Å². The van der Waals surface area contributed by atoms with Crippen molar-refractivity contribution >= 4 is 6.03 Å². The average molecular weight is 142 g/mol. The van der Waals surface area contributed by atoms with Crippen molar-refractivity contribution in [2.24, 2.45) is 0 Å². The van der Waals surface area contributed by atoms with E-state index < -0.39 is 0 Å². The van der Waals surface area contributed by atoms with E-state index in [0.717, 1.165) is 19.4 Å². The number of carbonyl (C=O) groups is 1. The summed E-state index contributed by atoms with van der Waals surface area (Å²) in [6, 6.07) is 0.451. The third-order valence-corrected chi connectivity index (χ3v) is 2.06. The monoisotopic (exact) mass is 142 g/mol. The van der Waals surface area contributed by atoms with E-state index in [9.17, 15) is 4.79 Å². The number of rotatable bonds is 0. The zero-order valence-corrected chi connectivity index (χ0v) is 6.55. The maximum atomic E-state index is 11.0. The van der Waals surface area contributed by atoms with Gasteiger partial charge in [0.25, 0.3) is 0 Å². The van der Waals surface area contributed by atoms with Gasteiger partial charge in [0.2, 0.25) is 0 Å². The van der Waals surface area contributed by atoms with Crippen LogP contribution in [0, 0.1) is 0 Å². The lowest BCUT2D eigenvalue weighted by Crippen LogP contribution is -2.39. The fourth-order valence-electron chi connectivity index (χ4n) is 1.11. The first-order valence-electron chi connectivity index (χ1n) is 3.72. The normalized spacial score (nSPS) is 27.6. The largest absolute Gasteiger partial charge is 0.338 e. The van der Waals surface area contributed by atoms with Crippen molar-refractivity contribution < 1.29 is 4.79 Å². The molecular weight excluding hydrogens is 128 g/mol. The Labute approximate surface area is 61.4 Å². The topological polar surface area (TPSA) is 32.3 Å². The Morgan fingerprint density at radius 2 is 2.40 bits per heavy atom. The van der Waals surface area contributed by atoms with Crippen LogP contribution in [0.2, 0.25) is 0 Å². The fraction of sp³-hybridized carbons (Fsp3) is 0.857. The van der Waals surface area contributed by atoms with Crippen molar-refractivity contribution in [3.05, 3.63) is 0 Å². The molecule has 0 saturated carbocycles. The van der Waals surface area contributed by atoms with Crippen LogP contribution in [-0.2, 0) is 0 Å². The van der Waals surface area contributed by atoms with Crippen LogP contribution >= 0.6 is 0 Å². The molecule has 58 valence electrons. The predicted octanol–water partition coefficient (Wildman–Crippen LogP) is 0.810. The molecule has 1 aliphatic heterocycles. The van der Waals surface area contributed by atoms with Crippen molar-refractivity contribution in [1.82, 2.24) is 10.2 Å². The Morgan fingerprint density at radius 3 is 3.10 bits per heavy atom. The molecule has 2 amide bonds. The average Bonchev–Trinajstić information content (AvgIpc) is 2.04. The predicted molar refractivity (Wildman–Crippen MR) is 39.9 cm³/mol.